The minimum Gasteiger partial charge on any atom is -0.481 e. The Morgan fingerprint density at radius 1 is 1.26 bits per heavy atom. The summed E-state index contributed by atoms with van der Waals surface area (Å²) in [6.07, 6.45) is 1.87. The van der Waals surface area contributed by atoms with Crippen molar-refractivity contribution in [2.75, 3.05) is 13.1 Å². The number of nitrogens with two attached hydrogens (primary N) is 1. The van der Waals surface area contributed by atoms with Gasteiger partial charge in [-0.1, -0.05) is 0 Å². The first-order valence-electron chi connectivity index (χ1n) is 6.52. The third-order valence-electron chi connectivity index (χ3n) is 3.63. The third-order valence-corrected chi connectivity index (χ3v) is 3.63. The maximum atomic E-state index is 12.0. The van der Waals surface area contributed by atoms with Crippen LogP contribution in [0.5, 0.6) is 0 Å². The van der Waals surface area contributed by atoms with Gasteiger partial charge in [0.25, 0.3) is 0 Å². The number of piperidine rings is 1. The number of hydrogen-bond acceptors (Lipinski definition) is 3. The first kappa shape index (κ1) is 15.5. The van der Waals surface area contributed by atoms with Gasteiger partial charge in [0.15, 0.2) is 0 Å². The molecule has 0 saturated carbocycles. The first-order valence-corrected chi connectivity index (χ1v) is 6.52. The number of carbonyl (C=O) groups excluding carboxylic acids is 2. The van der Waals surface area contributed by atoms with Crippen molar-refractivity contribution < 1.29 is 19.5 Å². The molecule has 19 heavy (non-hydrogen) atoms. The van der Waals surface area contributed by atoms with Gasteiger partial charge in [-0.2, -0.15) is 0 Å². The average molecular weight is 270 g/mol. The molecule has 0 aromatic carbocycles. The van der Waals surface area contributed by atoms with Crippen LogP contribution in [0.1, 0.15) is 39.5 Å². The highest BCUT2D eigenvalue weighted by Crippen LogP contribution is 2.25. The number of carbonyl (C=O) groups is 3. The fraction of sp³-hybridized carbons (Fsp3) is 0.769. The van der Waals surface area contributed by atoms with Gasteiger partial charge in [-0.3, -0.25) is 14.4 Å². The van der Waals surface area contributed by atoms with E-state index in [1.54, 1.807) is 18.7 Å². The summed E-state index contributed by atoms with van der Waals surface area (Å²) in [6, 6.07) is 0. The van der Waals surface area contributed by atoms with Gasteiger partial charge in [-0.25, -0.2) is 0 Å². The number of amides is 2. The molecule has 0 unspecified atom stereocenters. The number of primary amides is 1. The molecule has 6 nitrogen and oxygen atoms in total. The molecule has 1 fully saturated rings. The lowest BCUT2D eigenvalue weighted by atomic mass is 9.88. The van der Waals surface area contributed by atoms with E-state index in [-0.39, 0.29) is 24.2 Å². The van der Waals surface area contributed by atoms with Crippen molar-refractivity contribution in [2.45, 2.75) is 39.5 Å². The van der Waals surface area contributed by atoms with E-state index in [1.165, 1.54) is 0 Å². The van der Waals surface area contributed by atoms with Crippen molar-refractivity contribution in [3.63, 3.8) is 0 Å². The van der Waals surface area contributed by atoms with Gasteiger partial charge in [0.1, 0.15) is 0 Å². The molecular weight excluding hydrogens is 248 g/mol. The molecule has 3 N–H and O–H groups in total. The fourth-order valence-electron chi connectivity index (χ4n) is 2.24. The van der Waals surface area contributed by atoms with Crippen molar-refractivity contribution in [1.29, 1.82) is 0 Å². The third kappa shape index (κ3) is 4.54. The van der Waals surface area contributed by atoms with Gasteiger partial charge in [0.05, 0.1) is 5.41 Å². The van der Waals surface area contributed by atoms with Gasteiger partial charge in [-0.15, -0.1) is 0 Å². The van der Waals surface area contributed by atoms with Crippen LogP contribution in [-0.4, -0.2) is 40.9 Å². The van der Waals surface area contributed by atoms with Crippen LogP contribution >= 0.6 is 0 Å². The highest BCUT2D eigenvalue weighted by molar-refractivity contribution is 5.84. The molecule has 0 spiro atoms. The minimum absolute atomic E-state index is 0.00280. The molecule has 108 valence electrons. The standard InChI is InChI=1S/C13H22N2O4/c1-13(2,12(18)19)8-11(17)15-5-3-9(4-6-15)7-10(14)16/h9H,3-8H2,1-2H3,(H2,14,16)(H,18,19). The lowest BCUT2D eigenvalue weighted by molar-refractivity contribution is -0.151. The van der Waals surface area contributed by atoms with Gasteiger partial charge in [0.2, 0.25) is 11.8 Å². The molecule has 0 radical (unpaired) electrons. The average Bonchev–Trinajstić information content (AvgIpc) is 2.28. The summed E-state index contributed by atoms with van der Waals surface area (Å²) in [7, 11) is 0. The fourth-order valence-corrected chi connectivity index (χ4v) is 2.24. The molecule has 0 aromatic rings. The van der Waals surface area contributed by atoms with Crippen molar-refractivity contribution in [1.82, 2.24) is 4.90 Å². The second-order valence-corrected chi connectivity index (χ2v) is 5.86. The van der Waals surface area contributed by atoms with Gasteiger partial charge in [0, 0.05) is 25.9 Å². The van der Waals surface area contributed by atoms with Crippen molar-refractivity contribution in [2.24, 2.45) is 17.1 Å². The van der Waals surface area contributed by atoms with E-state index in [4.69, 9.17) is 10.8 Å². The maximum Gasteiger partial charge on any atom is 0.309 e. The lowest BCUT2D eigenvalue weighted by Gasteiger charge is -2.33. The number of hydrogen-bond donors (Lipinski definition) is 2. The Morgan fingerprint density at radius 3 is 2.21 bits per heavy atom. The molecule has 1 saturated heterocycles. The van der Waals surface area contributed by atoms with E-state index in [9.17, 15) is 14.4 Å². The first-order chi connectivity index (χ1) is 8.72. The van der Waals surface area contributed by atoms with Crippen molar-refractivity contribution in [3.05, 3.63) is 0 Å². The predicted octanol–water partition coefficient (Wildman–Crippen LogP) is 0.601. The van der Waals surface area contributed by atoms with E-state index in [0.29, 0.717) is 19.5 Å². The Labute approximate surface area is 112 Å². The number of aliphatic carboxylic acids is 1. The molecule has 2 amide bonds. The van der Waals surface area contributed by atoms with Crippen LogP contribution in [0.25, 0.3) is 0 Å². The van der Waals surface area contributed by atoms with E-state index < -0.39 is 11.4 Å². The van der Waals surface area contributed by atoms with Gasteiger partial charge >= 0.3 is 5.97 Å². The van der Waals surface area contributed by atoms with Crippen molar-refractivity contribution in [3.8, 4) is 0 Å². The molecule has 0 aromatic heterocycles. The van der Waals surface area contributed by atoms with Gasteiger partial charge < -0.3 is 15.7 Å². The number of carboxylic acids is 1. The Hall–Kier alpha value is -1.59. The minimum atomic E-state index is -1.04. The van der Waals surface area contributed by atoms with Crippen LogP contribution in [0.2, 0.25) is 0 Å². The lowest BCUT2D eigenvalue weighted by Crippen LogP contribution is -2.42. The van der Waals surface area contributed by atoms with Crippen LogP contribution in [0, 0.1) is 11.3 Å². The summed E-state index contributed by atoms with van der Waals surface area (Å²) in [4.78, 5) is 35.5. The number of rotatable bonds is 5. The van der Waals surface area contributed by atoms with Crippen LogP contribution in [0.15, 0.2) is 0 Å². The van der Waals surface area contributed by atoms with Crippen LogP contribution in [0.3, 0.4) is 0 Å². The van der Waals surface area contributed by atoms with Crippen LogP contribution < -0.4 is 5.73 Å². The van der Waals surface area contributed by atoms with E-state index in [1.807, 2.05) is 0 Å². The second kappa shape index (κ2) is 6.04. The largest absolute Gasteiger partial charge is 0.481 e. The normalized spacial score (nSPS) is 17.3. The highest BCUT2D eigenvalue weighted by atomic mass is 16.4. The number of likely N-dealkylation sites (tertiary alicyclic amines) is 1. The van der Waals surface area contributed by atoms with E-state index >= 15 is 0 Å². The summed E-state index contributed by atoms with van der Waals surface area (Å²) in [5.41, 5.74) is 4.11. The molecule has 0 atom stereocenters. The Bertz CT molecular complexity index is 371. The maximum absolute atomic E-state index is 12.0. The summed E-state index contributed by atoms with van der Waals surface area (Å²) >= 11 is 0. The second-order valence-electron chi connectivity index (χ2n) is 5.86. The summed E-state index contributed by atoms with van der Waals surface area (Å²) in [6.45, 7) is 4.25. The predicted molar refractivity (Wildman–Crippen MR) is 69.1 cm³/mol. The topological polar surface area (TPSA) is 101 Å². The molecule has 1 aliphatic heterocycles. The molecular formula is C13H22N2O4. The zero-order valence-corrected chi connectivity index (χ0v) is 11.5. The quantitative estimate of drug-likeness (QED) is 0.764. The highest BCUT2D eigenvalue weighted by Gasteiger charge is 2.33. The SMILES string of the molecule is CC(C)(CC(=O)N1CCC(CC(N)=O)CC1)C(=O)O. The molecule has 1 heterocycles. The molecule has 0 aliphatic carbocycles. The van der Waals surface area contributed by atoms with Crippen LogP contribution in [-0.2, 0) is 14.4 Å². The molecule has 0 bridgehead atoms. The summed E-state index contributed by atoms with van der Waals surface area (Å²) in [5, 5.41) is 9.01. The zero-order valence-electron chi connectivity index (χ0n) is 11.5. The molecule has 6 heteroatoms. The zero-order chi connectivity index (χ0) is 14.6. The Kier molecular flexibility index (Phi) is 4.91. The smallest absolute Gasteiger partial charge is 0.309 e. The summed E-state index contributed by atoms with van der Waals surface area (Å²) < 4.78 is 0. The Morgan fingerprint density at radius 2 is 1.79 bits per heavy atom. The monoisotopic (exact) mass is 270 g/mol. The van der Waals surface area contributed by atoms with Crippen molar-refractivity contribution >= 4 is 17.8 Å². The molecule has 1 aliphatic rings. The van der Waals surface area contributed by atoms with Gasteiger partial charge in [-0.05, 0) is 32.6 Å². The number of carboxylic acid groups (broad SMARTS) is 1. The van der Waals surface area contributed by atoms with E-state index in [0.717, 1.165) is 12.8 Å². The molecule has 1 rings (SSSR count). The Balaban J connectivity index is 2.45. The van der Waals surface area contributed by atoms with Crippen LogP contribution in [0.4, 0.5) is 0 Å². The van der Waals surface area contributed by atoms with E-state index in [2.05, 4.69) is 0 Å². The summed E-state index contributed by atoms with van der Waals surface area (Å²) in [5.74, 6) is -1.17. The number of nitrogens with zero attached hydrogens (tertiary/aromatic N) is 1.